The lowest BCUT2D eigenvalue weighted by Gasteiger charge is -2.38. The summed E-state index contributed by atoms with van der Waals surface area (Å²) in [5.41, 5.74) is 22.8. The van der Waals surface area contributed by atoms with E-state index >= 15 is 0 Å². The predicted octanol–water partition coefficient (Wildman–Crippen LogP) is 18.4. The summed E-state index contributed by atoms with van der Waals surface area (Å²) in [6, 6.07) is 0. The second-order valence-corrected chi connectivity index (χ2v) is 20.7. The Kier molecular flexibility index (Phi) is 20.9. The van der Waals surface area contributed by atoms with Crippen molar-refractivity contribution in [3.8, 4) is 11.5 Å². The summed E-state index contributed by atoms with van der Waals surface area (Å²) in [6.07, 6.45) is 32.6. The van der Waals surface area contributed by atoms with E-state index in [0.717, 1.165) is 77.0 Å². The number of ether oxygens (including phenoxy) is 2. The van der Waals surface area contributed by atoms with E-state index in [0.29, 0.717) is 0 Å². The van der Waals surface area contributed by atoms with Gasteiger partial charge in [-0.15, -0.1) is 0 Å². The Balaban J connectivity index is 0.000000330. The van der Waals surface area contributed by atoms with Crippen molar-refractivity contribution in [1.29, 1.82) is 0 Å². The monoisotopic (exact) mass is 845 g/mol. The number of fused-ring (bicyclic) bond motifs is 2. The number of allylic oxidation sites excluding steroid dienone is 12. The average Bonchev–Trinajstić information content (AvgIpc) is 3.20. The summed E-state index contributed by atoms with van der Waals surface area (Å²) < 4.78 is 13.3. The highest BCUT2D eigenvalue weighted by molar-refractivity contribution is 5.56. The summed E-state index contributed by atoms with van der Waals surface area (Å²) >= 11 is 0. The van der Waals surface area contributed by atoms with Crippen molar-refractivity contribution in [2.75, 3.05) is 0 Å². The number of hydrogen-bond acceptors (Lipinski definition) is 2. The fourth-order valence-electron chi connectivity index (χ4n) is 9.24. The van der Waals surface area contributed by atoms with Gasteiger partial charge in [0.05, 0.1) is 0 Å². The van der Waals surface area contributed by atoms with E-state index in [1.54, 1.807) is 0 Å². The first-order valence-electron chi connectivity index (χ1n) is 24.5. The van der Waals surface area contributed by atoms with E-state index in [-0.39, 0.29) is 11.2 Å². The number of hydrogen-bond donors (Lipinski definition) is 0. The van der Waals surface area contributed by atoms with E-state index in [2.05, 4.69) is 161 Å². The fourth-order valence-corrected chi connectivity index (χ4v) is 9.24. The van der Waals surface area contributed by atoms with E-state index in [1.165, 1.54) is 126 Å². The molecule has 0 N–H and O–H groups in total. The molecule has 0 aliphatic carbocycles. The Morgan fingerprint density at radius 1 is 0.387 bits per heavy atom. The Morgan fingerprint density at radius 3 is 0.968 bits per heavy atom. The second-order valence-electron chi connectivity index (χ2n) is 20.7. The third-order valence-electron chi connectivity index (χ3n) is 14.6. The van der Waals surface area contributed by atoms with Crippen LogP contribution in [0.15, 0.2) is 69.9 Å². The average molecular weight is 845 g/mol. The van der Waals surface area contributed by atoms with Gasteiger partial charge in [-0.2, -0.15) is 0 Å². The van der Waals surface area contributed by atoms with Gasteiger partial charge in [0.15, 0.2) is 0 Å². The highest BCUT2D eigenvalue weighted by atomic mass is 16.5. The van der Waals surface area contributed by atoms with Gasteiger partial charge in [0.2, 0.25) is 0 Å². The normalized spacial score (nSPS) is 19.1. The van der Waals surface area contributed by atoms with Crippen LogP contribution in [0.25, 0.3) is 0 Å². The van der Waals surface area contributed by atoms with Gasteiger partial charge in [0.1, 0.15) is 22.7 Å². The molecule has 2 aliphatic rings. The van der Waals surface area contributed by atoms with Crippen LogP contribution in [0.1, 0.15) is 215 Å². The second kappa shape index (κ2) is 24.5. The summed E-state index contributed by atoms with van der Waals surface area (Å²) in [6.45, 7) is 40.4. The van der Waals surface area contributed by atoms with Gasteiger partial charge in [0.25, 0.3) is 0 Å². The molecular weight excluding hydrogens is 753 g/mol. The lowest BCUT2D eigenvalue weighted by Crippen LogP contribution is -2.37. The largest absolute Gasteiger partial charge is 0.487 e. The van der Waals surface area contributed by atoms with Gasteiger partial charge in [-0.3, -0.25) is 0 Å². The van der Waals surface area contributed by atoms with Crippen molar-refractivity contribution in [3.63, 3.8) is 0 Å². The maximum atomic E-state index is 6.67. The van der Waals surface area contributed by atoms with Crippen molar-refractivity contribution in [2.24, 2.45) is 0 Å². The SMILES string of the molecule is CC(C)=CCC/C(C)=C/CC/C(C)=C/CC[C@@]1(C)CCc2c(C)c(C)c(C)c(C)c2O1.CC(C)=CCC/C(C)=C/CC/C(C)=C/CC[C@]1(C)CCc2c(C)c(C)c(C)c(C)c2O1. The molecule has 0 unspecified atom stereocenters. The molecule has 2 atom stereocenters. The van der Waals surface area contributed by atoms with Gasteiger partial charge in [0, 0.05) is 0 Å². The van der Waals surface area contributed by atoms with Gasteiger partial charge >= 0.3 is 0 Å². The summed E-state index contributed by atoms with van der Waals surface area (Å²) in [5, 5.41) is 0. The Bertz CT molecular complexity index is 1870. The summed E-state index contributed by atoms with van der Waals surface area (Å²) in [7, 11) is 0. The molecule has 2 aromatic carbocycles. The summed E-state index contributed by atoms with van der Waals surface area (Å²) in [5.74, 6) is 2.34. The van der Waals surface area contributed by atoms with E-state index in [4.69, 9.17) is 9.47 Å². The molecule has 0 saturated heterocycles. The first kappa shape index (κ1) is 52.8. The van der Waals surface area contributed by atoms with Gasteiger partial charge in [-0.25, -0.2) is 0 Å². The lowest BCUT2D eigenvalue weighted by atomic mass is 9.83. The maximum absolute atomic E-state index is 6.67. The molecule has 0 spiro atoms. The molecule has 0 saturated carbocycles. The number of rotatable bonds is 18. The third-order valence-corrected chi connectivity index (χ3v) is 14.6. The highest BCUT2D eigenvalue weighted by Gasteiger charge is 2.35. The Labute approximate surface area is 383 Å². The molecule has 0 bridgehead atoms. The van der Waals surface area contributed by atoms with Crippen LogP contribution in [0.5, 0.6) is 11.5 Å². The van der Waals surface area contributed by atoms with Crippen LogP contribution in [0.2, 0.25) is 0 Å². The zero-order valence-corrected chi connectivity index (χ0v) is 43.6. The minimum Gasteiger partial charge on any atom is -0.487 e. The standard InChI is InChI=1S/2C30H46O/c2*1-21(2)13-10-14-22(3)15-11-16-23(4)17-12-19-30(9)20-18-28-26(7)24(5)25(6)27(8)29(28)31-30/h2*13,15,17H,10-12,14,16,18-20H2,1-9H3/b2*22-15+,23-17+/t2*30-/m10/s1. The molecule has 62 heavy (non-hydrogen) atoms. The van der Waals surface area contributed by atoms with Crippen LogP contribution in [-0.4, -0.2) is 11.2 Å². The molecule has 4 rings (SSSR count). The van der Waals surface area contributed by atoms with Crippen LogP contribution in [0, 0.1) is 55.4 Å². The van der Waals surface area contributed by atoms with Crippen LogP contribution < -0.4 is 9.47 Å². The molecule has 0 radical (unpaired) electrons. The van der Waals surface area contributed by atoms with Gasteiger partial charge in [-0.1, -0.05) is 69.9 Å². The van der Waals surface area contributed by atoms with Crippen LogP contribution in [0.3, 0.4) is 0 Å². The van der Waals surface area contributed by atoms with E-state index < -0.39 is 0 Å². The molecule has 344 valence electrons. The number of benzene rings is 2. The van der Waals surface area contributed by atoms with E-state index in [9.17, 15) is 0 Å². The Morgan fingerprint density at radius 2 is 0.661 bits per heavy atom. The molecular formula is C60H92O2. The molecule has 2 aliphatic heterocycles. The fraction of sp³-hybridized carbons (Fsp3) is 0.600. The van der Waals surface area contributed by atoms with Crippen LogP contribution in [0.4, 0.5) is 0 Å². The smallest absolute Gasteiger partial charge is 0.126 e. The van der Waals surface area contributed by atoms with Crippen molar-refractivity contribution >= 4 is 0 Å². The Hall–Kier alpha value is -3.52. The zero-order valence-electron chi connectivity index (χ0n) is 43.6. The highest BCUT2D eigenvalue weighted by Crippen LogP contribution is 2.43. The predicted molar refractivity (Wildman–Crippen MR) is 275 cm³/mol. The lowest BCUT2D eigenvalue weighted by molar-refractivity contribution is 0.0557. The molecule has 2 heteroatoms. The van der Waals surface area contributed by atoms with Crippen molar-refractivity contribution in [1.82, 2.24) is 0 Å². The van der Waals surface area contributed by atoms with Gasteiger partial charge < -0.3 is 9.47 Å². The molecule has 2 aromatic rings. The summed E-state index contributed by atoms with van der Waals surface area (Å²) in [4.78, 5) is 0. The van der Waals surface area contributed by atoms with Crippen molar-refractivity contribution in [2.45, 2.75) is 239 Å². The zero-order chi connectivity index (χ0) is 46.4. The molecule has 2 nitrogen and oxygen atoms in total. The molecule has 2 heterocycles. The van der Waals surface area contributed by atoms with Crippen molar-refractivity contribution in [3.05, 3.63) is 126 Å². The minimum absolute atomic E-state index is 0.0515. The van der Waals surface area contributed by atoms with E-state index in [1.807, 2.05) is 0 Å². The molecule has 0 aromatic heterocycles. The van der Waals surface area contributed by atoms with Gasteiger partial charge in [-0.05, 0) is 283 Å². The van der Waals surface area contributed by atoms with Crippen molar-refractivity contribution < 1.29 is 9.47 Å². The molecule has 0 amide bonds. The first-order chi connectivity index (χ1) is 29.1. The van der Waals surface area contributed by atoms with Crippen LogP contribution in [-0.2, 0) is 12.8 Å². The molecule has 0 fully saturated rings. The quantitative estimate of drug-likeness (QED) is 0.139. The topological polar surface area (TPSA) is 18.5 Å². The maximum Gasteiger partial charge on any atom is 0.126 e. The third kappa shape index (κ3) is 15.9. The first-order valence-corrected chi connectivity index (χ1v) is 24.5. The minimum atomic E-state index is -0.0515. The van der Waals surface area contributed by atoms with Crippen LogP contribution >= 0.6 is 0 Å².